The molecule has 88 valence electrons. The molecule has 1 unspecified atom stereocenters. The van der Waals surface area contributed by atoms with Crippen molar-refractivity contribution in [3.05, 3.63) is 11.9 Å². The van der Waals surface area contributed by atoms with E-state index in [4.69, 9.17) is 0 Å². The molecule has 5 nitrogen and oxygen atoms in total. The Kier molecular flexibility index (Phi) is 2.96. The number of hydrogen-bond donors (Lipinski definition) is 1. The molecule has 1 saturated heterocycles. The van der Waals surface area contributed by atoms with Gasteiger partial charge in [0, 0.05) is 19.8 Å². The van der Waals surface area contributed by atoms with Crippen LogP contribution < -0.4 is 10.2 Å². The Morgan fingerprint density at radius 3 is 2.88 bits per heavy atom. The van der Waals surface area contributed by atoms with Crippen LogP contribution in [0.2, 0.25) is 0 Å². The Morgan fingerprint density at radius 2 is 2.31 bits per heavy atom. The van der Waals surface area contributed by atoms with Crippen LogP contribution in [0.4, 0.5) is 5.69 Å². The Hall–Kier alpha value is -1.36. The standard InChI is InChI=1S/C11H18N4O/c1-8-10(7-14(3)13-8)15-6-4-5-9(12-2)11(15)16/h7,9,12H,4-6H2,1-3H3. The molecule has 5 heteroatoms. The van der Waals surface area contributed by atoms with Gasteiger partial charge in [-0.05, 0) is 26.8 Å². The second kappa shape index (κ2) is 4.25. The van der Waals surface area contributed by atoms with Crippen LogP contribution >= 0.6 is 0 Å². The van der Waals surface area contributed by atoms with Crippen LogP contribution in [0.15, 0.2) is 6.20 Å². The number of amides is 1. The van der Waals surface area contributed by atoms with Crippen molar-refractivity contribution >= 4 is 11.6 Å². The fourth-order valence-electron chi connectivity index (χ4n) is 2.23. The largest absolute Gasteiger partial charge is 0.309 e. The minimum Gasteiger partial charge on any atom is -0.309 e. The van der Waals surface area contributed by atoms with Crippen molar-refractivity contribution in [1.29, 1.82) is 0 Å². The van der Waals surface area contributed by atoms with Crippen molar-refractivity contribution in [2.24, 2.45) is 7.05 Å². The number of likely N-dealkylation sites (N-methyl/N-ethyl adjacent to an activating group) is 1. The monoisotopic (exact) mass is 222 g/mol. The summed E-state index contributed by atoms with van der Waals surface area (Å²) in [7, 11) is 3.71. The molecule has 2 rings (SSSR count). The van der Waals surface area contributed by atoms with Gasteiger partial charge in [-0.15, -0.1) is 0 Å². The third-order valence-electron chi connectivity index (χ3n) is 3.07. The van der Waals surface area contributed by atoms with Crippen molar-refractivity contribution in [2.75, 3.05) is 18.5 Å². The van der Waals surface area contributed by atoms with Gasteiger partial charge in [-0.2, -0.15) is 5.10 Å². The van der Waals surface area contributed by atoms with Crippen molar-refractivity contribution in [3.63, 3.8) is 0 Å². The van der Waals surface area contributed by atoms with E-state index in [-0.39, 0.29) is 11.9 Å². The molecule has 1 aromatic heterocycles. The van der Waals surface area contributed by atoms with E-state index in [0.29, 0.717) is 0 Å². The number of nitrogens with zero attached hydrogens (tertiary/aromatic N) is 3. The number of piperidine rings is 1. The summed E-state index contributed by atoms with van der Waals surface area (Å²) in [5, 5.41) is 7.34. The van der Waals surface area contributed by atoms with Crippen LogP contribution in [0.5, 0.6) is 0 Å². The molecule has 1 fully saturated rings. The van der Waals surface area contributed by atoms with E-state index < -0.39 is 0 Å². The lowest BCUT2D eigenvalue weighted by Crippen LogP contribution is -2.49. The minimum atomic E-state index is -0.0478. The van der Waals surface area contributed by atoms with Crippen LogP contribution in [0.3, 0.4) is 0 Å². The summed E-state index contributed by atoms with van der Waals surface area (Å²) in [5.41, 5.74) is 1.85. The first-order chi connectivity index (χ1) is 7.63. The van der Waals surface area contributed by atoms with E-state index in [1.807, 2.05) is 32.1 Å². The van der Waals surface area contributed by atoms with Crippen molar-refractivity contribution in [2.45, 2.75) is 25.8 Å². The molecule has 1 aliphatic heterocycles. The Bertz CT molecular complexity index is 399. The van der Waals surface area contributed by atoms with Crippen LogP contribution in [0.1, 0.15) is 18.5 Å². The maximum absolute atomic E-state index is 12.1. The van der Waals surface area contributed by atoms with Gasteiger partial charge in [0.05, 0.1) is 17.4 Å². The summed E-state index contributed by atoms with van der Waals surface area (Å²) in [6.45, 7) is 2.73. The van der Waals surface area contributed by atoms with Gasteiger partial charge in [0.1, 0.15) is 0 Å². The summed E-state index contributed by atoms with van der Waals surface area (Å²) in [6, 6.07) is -0.0478. The van der Waals surface area contributed by atoms with E-state index in [1.165, 1.54) is 0 Å². The number of hydrogen-bond acceptors (Lipinski definition) is 3. The number of carbonyl (C=O) groups excluding carboxylic acids is 1. The second-order valence-corrected chi connectivity index (χ2v) is 4.25. The van der Waals surface area contributed by atoms with E-state index in [0.717, 1.165) is 30.8 Å². The highest BCUT2D eigenvalue weighted by atomic mass is 16.2. The first kappa shape index (κ1) is 11.1. The summed E-state index contributed by atoms with van der Waals surface area (Å²) >= 11 is 0. The third kappa shape index (κ3) is 1.82. The van der Waals surface area contributed by atoms with Gasteiger partial charge in [-0.25, -0.2) is 0 Å². The molecule has 1 atom stereocenters. The molecule has 1 amide bonds. The average molecular weight is 222 g/mol. The van der Waals surface area contributed by atoms with Gasteiger partial charge in [-0.3, -0.25) is 9.48 Å². The van der Waals surface area contributed by atoms with Crippen molar-refractivity contribution in [1.82, 2.24) is 15.1 Å². The molecule has 0 saturated carbocycles. The van der Waals surface area contributed by atoms with Gasteiger partial charge in [0.2, 0.25) is 5.91 Å². The highest BCUT2D eigenvalue weighted by Gasteiger charge is 2.29. The number of carbonyl (C=O) groups is 1. The smallest absolute Gasteiger partial charge is 0.244 e. The van der Waals surface area contributed by atoms with E-state index in [9.17, 15) is 4.79 Å². The normalized spacial score (nSPS) is 21.6. The summed E-state index contributed by atoms with van der Waals surface area (Å²) in [6.07, 6.45) is 3.86. The number of rotatable bonds is 2. The highest BCUT2D eigenvalue weighted by Crippen LogP contribution is 2.23. The van der Waals surface area contributed by atoms with Crippen LogP contribution in [-0.2, 0) is 11.8 Å². The zero-order valence-electron chi connectivity index (χ0n) is 10.0. The lowest BCUT2D eigenvalue weighted by atomic mass is 10.0. The molecule has 0 aliphatic carbocycles. The molecular formula is C11H18N4O. The zero-order chi connectivity index (χ0) is 11.7. The van der Waals surface area contributed by atoms with Crippen LogP contribution in [-0.4, -0.2) is 35.3 Å². The summed E-state index contributed by atoms with van der Waals surface area (Å²) in [5.74, 6) is 0.157. The lowest BCUT2D eigenvalue weighted by Gasteiger charge is -2.31. The number of aromatic nitrogens is 2. The molecule has 1 aromatic rings. The SMILES string of the molecule is CNC1CCCN(c2cn(C)nc2C)C1=O. The Labute approximate surface area is 95.4 Å². The quantitative estimate of drug-likeness (QED) is 0.790. The molecule has 16 heavy (non-hydrogen) atoms. The van der Waals surface area contributed by atoms with Gasteiger partial charge < -0.3 is 10.2 Å². The topological polar surface area (TPSA) is 50.2 Å². The maximum Gasteiger partial charge on any atom is 0.244 e. The second-order valence-electron chi connectivity index (χ2n) is 4.25. The average Bonchev–Trinajstić information content (AvgIpc) is 2.58. The molecular weight excluding hydrogens is 204 g/mol. The zero-order valence-corrected chi connectivity index (χ0v) is 10.0. The molecule has 2 heterocycles. The Morgan fingerprint density at radius 1 is 1.56 bits per heavy atom. The lowest BCUT2D eigenvalue weighted by molar-refractivity contribution is -0.121. The van der Waals surface area contributed by atoms with Gasteiger partial charge in [0.25, 0.3) is 0 Å². The third-order valence-corrected chi connectivity index (χ3v) is 3.07. The fraction of sp³-hybridized carbons (Fsp3) is 0.636. The molecule has 0 bridgehead atoms. The van der Waals surface area contributed by atoms with Crippen LogP contribution in [0, 0.1) is 6.92 Å². The van der Waals surface area contributed by atoms with Crippen molar-refractivity contribution in [3.8, 4) is 0 Å². The number of nitrogens with one attached hydrogen (secondary N) is 1. The maximum atomic E-state index is 12.1. The highest BCUT2D eigenvalue weighted by molar-refractivity contribution is 5.98. The van der Waals surface area contributed by atoms with E-state index >= 15 is 0 Å². The molecule has 1 N–H and O–H groups in total. The molecule has 1 aliphatic rings. The molecule has 0 aromatic carbocycles. The van der Waals surface area contributed by atoms with Crippen LogP contribution in [0.25, 0.3) is 0 Å². The van der Waals surface area contributed by atoms with Gasteiger partial charge in [-0.1, -0.05) is 0 Å². The van der Waals surface area contributed by atoms with E-state index in [2.05, 4.69) is 10.4 Å². The van der Waals surface area contributed by atoms with Gasteiger partial charge in [0.15, 0.2) is 0 Å². The first-order valence-corrected chi connectivity index (χ1v) is 5.62. The summed E-state index contributed by atoms with van der Waals surface area (Å²) < 4.78 is 1.75. The predicted molar refractivity (Wildman–Crippen MR) is 62.4 cm³/mol. The van der Waals surface area contributed by atoms with E-state index in [1.54, 1.807) is 4.68 Å². The van der Waals surface area contributed by atoms with Crippen molar-refractivity contribution < 1.29 is 4.79 Å². The number of aryl methyl sites for hydroxylation is 2. The summed E-state index contributed by atoms with van der Waals surface area (Å²) in [4.78, 5) is 14.0. The first-order valence-electron chi connectivity index (χ1n) is 5.62. The molecule has 0 spiro atoms. The minimum absolute atomic E-state index is 0.0478. The fourth-order valence-corrected chi connectivity index (χ4v) is 2.23. The Balaban J connectivity index is 2.26. The predicted octanol–water partition coefficient (Wildman–Crippen LogP) is 0.443. The van der Waals surface area contributed by atoms with Gasteiger partial charge >= 0.3 is 0 Å². The molecule has 0 radical (unpaired) electrons. The number of anilines is 1.